The lowest BCUT2D eigenvalue weighted by atomic mass is 10.2. The predicted octanol–water partition coefficient (Wildman–Crippen LogP) is 3.10. The molecule has 0 spiro atoms. The number of rotatable bonds is 8. The van der Waals surface area contributed by atoms with Gasteiger partial charge >= 0.3 is 0 Å². The van der Waals surface area contributed by atoms with Crippen LogP contribution in [0.3, 0.4) is 0 Å². The van der Waals surface area contributed by atoms with Crippen LogP contribution in [0.15, 0.2) is 61.1 Å². The maximum absolute atomic E-state index is 12.3. The second kappa shape index (κ2) is 8.98. The number of nitrogens with zero attached hydrogens (tertiary/aromatic N) is 4. The number of aromatic nitrogens is 3. The topological polar surface area (TPSA) is 63.1 Å². The molecule has 2 aromatic heterocycles. The molecule has 3 rings (SSSR count). The van der Waals surface area contributed by atoms with Gasteiger partial charge in [-0.05, 0) is 31.5 Å². The van der Waals surface area contributed by atoms with Gasteiger partial charge in [0, 0.05) is 37.6 Å². The van der Waals surface area contributed by atoms with Crippen molar-refractivity contribution in [3.63, 3.8) is 0 Å². The molecule has 6 heteroatoms. The van der Waals surface area contributed by atoms with Crippen molar-refractivity contribution in [1.82, 2.24) is 20.1 Å². The van der Waals surface area contributed by atoms with E-state index in [-0.39, 0.29) is 5.91 Å². The van der Waals surface area contributed by atoms with Gasteiger partial charge in [0.2, 0.25) is 0 Å². The Morgan fingerprint density at radius 1 is 1.04 bits per heavy atom. The first-order valence-electron chi connectivity index (χ1n) is 9.24. The summed E-state index contributed by atoms with van der Waals surface area (Å²) in [5.41, 5.74) is 2.71. The minimum Gasteiger partial charge on any atom is -0.357 e. The van der Waals surface area contributed by atoms with Gasteiger partial charge in [-0.1, -0.05) is 30.3 Å². The molecular weight excluding hydrogens is 338 g/mol. The van der Waals surface area contributed by atoms with Crippen molar-refractivity contribution in [2.75, 3.05) is 18.0 Å². The molecule has 2 heterocycles. The molecule has 1 N–H and O–H groups in total. The summed E-state index contributed by atoms with van der Waals surface area (Å²) >= 11 is 0. The van der Waals surface area contributed by atoms with Crippen molar-refractivity contribution in [1.29, 1.82) is 0 Å². The minimum atomic E-state index is -0.135. The van der Waals surface area contributed by atoms with Gasteiger partial charge in [0.1, 0.15) is 5.82 Å². The molecular formula is C21H25N5O. The highest BCUT2D eigenvalue weighted by Gasteiger charge is 2.09. The van der Waals surface area contributed by atoms with Crippen LogP contribution in [-0.2, 0) is 13.1 Å². The lowest BCUT2D eigenvalue weighted by Crippen LogP contribution is -2.25. The number of nitrogens with one attached hydrogen (secondary N) is 1. The third-order valence-corrected chi connectivity index (χ3v) is 4.42. The van der Waals surface area contributed by atoms with Crippen molar-refractivity contribution >= 4 is 11.7 Å². The monoisotopic (exact) mass is 363 g/mol. The van der Waals surface area contributed by atoms with E-state index >= 15 is 0 Å². The van der Waals surface area contributed by atoms with Crippen LogP contribution in [0.5, 0.6) is 0 Å². The normalized spacial score (nSPS) is 10.6. The molecule has 0 fully saturated rings. The van der Waals surface area contributed by atoms with Crippen molar-refractivity contribution in [3.05, 3.63) is 77.7 Å². The lowest BCUT2D eigenvalue weighted by molar-refractivity contribution is 0.0950. The zero-order chi connectivity index (χ0) is 19.1. The summed E-state index contributed by atoms with van der Waals surface area (Å²) in [5, 5.41) is 7.28. The summed E-state index contributed by atoms with van der Waals surface area (Å²) in [4.78, 5) is 18.9. The van der Waals surface area contributed by atoms with Crippen molar-refractivity contribution in [2.45, 2.75) is 26.9 Å². The van der Waals surface area contributed by atoms with Crippen LogP contribution in [0.1, 0.15) is 35.3 Å². The van der Waals surface area contributed by atoms with Crippen LogP contribution in [0.25, 0.3) is 0 Å². The molecule has 3 aromatic rings. The highest BCUT2D eigenvalue weighted by Crippen LogP contribution is 2.11. The number of carbonyl (C=O) groups is 1. The highest BCUT2D eigenvalue weighted by atomic mass is 16.1. The number of hydrogen-bond donors (Lipinski definition) is 1. The predicted molar refractivity (Wildman–Crippen MR) is 107 cm³/mol. The zero-order valence-electron chi connectivity index (χ0n) is 15.8. The Hall–Kier alpha value is -3.15. The van der Waals surface area contributed by atoms with Gasteiger partial charge in [0.25, 0.3) is 5.91 Å². The molecule has 0 unspecified atom stereocenters. The summed E-state index contributed by atoms with van der Waals surface area (Å²) in [6, 6.07) is 13.9. The average Bonchev–Trinajstić information content (AvgIpc) is 3.16. The van der Waals surface area contributed by atoms with Crippen LogP contribution < -0.4 is 10.2 Å². The summed E-state index contributed by atoms with van der Waals surface area (Å²) in [6.45, 7) is 7.11. The number of pyridine rings is 1. The highest BCUT2D eigenvalue weighted by molar-refractivity contribution is 5.94. The van der Waals surface area contributed by atoms with Crippen molar-refractivity contribution in [3.8, 4) is 0 Å². The maximum Gasteiger partial charge on any atom is 0.253 e. The van der Waals surface area contributed by atoms with Gasteiger partial charge in [-0.15, -0.1) is 0 Å². The van der Waals surface area contributed by atoms with E-state index in [0.717, 1.165) is 24.5 Å². The largest absolute Gasteiger partial charge is 0.357 e. The van der Waals surface area contributed by atoms with Crippen LogP contribution >= 0.6 is 0 Å². The molecule has 27 heavy (non-hydrogen) atoms. The number of benzene rings is 1. The molecule has 0 atom stereocenters. The summed E-state index contributed by atoms with van der Waals surface area (Å²) < 4.78 is 1.87. The third-order valence-electron chi connectivity index (χ3n) is 4.42. The lowest BCUT2D eigenvalue weighted by Gasteiger charge is -2.19. The van der Waals surface area contributed by atoms with Crippen LogP contribution in [-0.4, -0.2) is 33.8 Å². The van der Waals surface area contributed by atoms with Crippen molar-refractivity contribution in [2.24, 2.45) is 0 Å². The van der Waals surface area contributed by atoms with E-state index in [0.29, 0.717) is 18.7 Å². The molecule has 0 radical (unpaired) electrons. The van der Waals surface area contributed by atoms with E-state index in [1.165, 1.54) is 5.56 Å². The Morgan fingerprint density at radius 3 is 2.48 bits per heavy atom. The van der Waals surface area contributed by atoms with Gasteiger partial charge < -0.3 is 10.2 Å². The molecule has 0 aliphatic carbocycles. The smallest absolute Gasteiger partial charge is 0.253 e. The van der Waals surface area contributed by atoms with Gasteiger partial charge in [-0.2, -0.15) is 5.10 Å². The van der Waals surface area contributed by atoms with Gasteiger partial charge in [0.05, 0.1) is 18.3 Å². The van der Waals surface area contributed by atoms with E-state index in [4.69, 9.17) is 0 Å². The van der Waals surface area contributed by atoms with Gasteiger partial charge in [0.15, 0.2) is 0 Å². The quantitative estimate of drug-likeness (QED) is 0.668. The molecule has 1 aromatic carbocycles. The van der Waals surface area contributed by atoms with Crippen molar-refractivity contribution < 1.29 is 4.79 Å². The molecule has 0 aliphatic rings. The third kappa shape index (κ3) is 4.94. The molecule has 6 nitrogen and oxygen atoms in total. The summed E-state index contributed by atoms with van der Waals surface area (Å²) in [7, 11) is 0. The first kappa shape index (κ1) is 18.6. The molecule has 0 saturated heterocycles. The Kier molecular flexibility index (Phi) is 6.20. The summed E-state index contributed by atoms with van der Waals surface area (Å²) in [5.74, 6) is 0.753. The first-order valence-corrected chi connectivity index (χ1v) is 9.24. The Bertz CT molecular complexity index is 854. The Morgan fingerprint density at radius 2 is 1.81 bits per heavy atom. The van der Waals surface area contributed by atoms with E-state index in [2.05, 4.69) is 46.3 Å². The molecule has 0 aliphatic heterocycles. The first-order chi connectivity index (χ1) is 13.2. The van der Waals surface area contributed by atoms with E-state index < -0.39 is 0 Å². The molecule has 140 valence electrons. The van der Waals surface area contributed by atoms with Gasteiger partial charge in [-0.25, -0.2) is 4.98 Å². The van der Waals surface area contributed by atoms with Crippen LogP contribution in [0, 0.1) is 0 Å². The molecule has 0 bridgehead atoms. The minimum absolute atomic E-state index is 0.135. The van der Waals surface area contributed by atoms with Crippen LogP contribution in [0.4, 0.5) is 5.82 Å². The fourth-order valence-electron chi connectivity index (χ4n) is 2.89. The van der Waals surface area contributed by atoms with Crippen LogP contribution in [0.2, 0.25) is 0 Å². The average molecular weight is 363 g/mol. The second-order valence-electron chi connectivity index (χ2n) is 6.29. The van der Waals surface area contributed by atoms with E-state index in [1.54, 1.807) is 12.4 Å². The SMILES string of the molecule is CCN(CC)c1ccc(C(=O)NCc2cnn(Cc3ccccc3)c2)cn1. The van der Waals surface area contributed by atoms with E-state index in [9.17, 15) is 4.79 Å². The Balaban J connectivity index is 1.55. The molecule has 0 saturated carbocycles. The number of anilines is 1. The fraction of sp³-hybridized carbons (Fsp3) is 0.286. The summed E-state index contributed by atoms with van der Waals surface area (Å²) in [6.07, 6.45) is 5.36. The number of amides is 1. The standard InChI is InChI=1S/C21H25N5O/c1-3-25(4-2)20-11-10-19(14-22-20)21(27)23-12-18-13-24-26(16-18)15-17-8-6-5-7-9-17/h5-11,13-14,16H,3-4,12,15H2,1-2H3,(H,23,27). The number of hydrogen-bond acceptors (Lipinski definition) is 4. The van der Waals surface area contributed by atoms with E-state index in [1.807, 2.05) is 41.2 Å². The number of carbonyl (C=O) groups excluding carboxylic acids is 1. The maximum atomic E-state index is 12.3. The Labute approximate surface area is 159 Å². The fourth-order valence-corrected chi connectivity index (χ4v) is 2.89. The zero-order valence-corrected chi connectivity index (χ0v) is 15.8. The second-order valence-corrected chi connectivity index (χ2v) is 6.29. The molecule has 1 amide bonds. The van der Waals surface area contributed by atoms with Gasteiger partial charge in [-0.3, -0.25) is 9.48 Å².